The number of nitrogens with zero attached hydrogens (tertiary/aromatic N) is 1. The Morgan fingerprint density at radius 2 is 1.83 bits per heavy atom. The molecule has 6 heteroatoms. The number of Topliss-reactive ketones (excluding diaryl/α,β-unsaturated/α-hetero) is 1. The van der Waals surface area contributed by atoms with Crippen LogP contribution < -0.4 is 10.6 Å². The first-order chi connectivity index (χ1) is 14.1. The van der Waals surface area contributed by atoms with Crippen molar-refractivity contribution in [3.05, 3.63) is 64.7 Å². The van der Waals surface area contributed by atoms with Crippen LogP contribution in [0.1, 0.15) is 48.9 Å². The number of rotatable bonds is 5. The van der Waals surface area contributed by atoms with Crippen LogP contribution in [0.3, 0.4) is 0 Å². The molecule has 2 aromatic rings. The lowest BCUT2D eigenvalue weighted by Gasteiger charge is -2.19. The lowest BCUT2D eigenvalue weighted by Crippen LogP contribution is -2.19. The summed E-state index contributed by atoms with van der Waals surface area (Å²) in [6.45, 7) is 8.96. The van der Waals surface area contributed by atoms with Gasteiger partial charge in [-0.3, -0.25) is 0 Å². The minimum absolute atomic E-state index is 0.0369. The minimum atomic E-state index is -4.29. The van der Waals surface area contributed by atoms with Crippen molar-refractivity contribution in [1.29, 1.82) is 0 Å². The first kappa shape index (κ1) is 23.9. The van der Waals surface area contributed by atoms with Crippen molar-refractivity contribution in [1.82, 2.24) is 0 Å². The van der Waals surface area contributed by atoms with E-state index in [1.54, 1.807) is 0 Å². The van der Waals surface area contributed by atoms with Crippen LogP contribution in [0.2, 0.25) is 0 Å². The molecule has 1 atom stereocenters. The minimum Gasteiger partial charge on any atom is -0.371 e. The molecule has 0 bridgehead atoms. The summed E-state index contributed by atoms with van der Waals surface area (Å²) in [4.78, 5) is 13.1. The number of carbonyl (C=O) groups is 1. The molecule has 1 aliphatic rings. The van der Waals surface area contributed by atoms with Crippen molar-refractivity contribution in [3.8, 4) is 0 Å². The third-order valence-corrected chi connectivity index (χ3v) is 5.38. The number of anilines is 1. The lowest BCUT2D eigenvalue weighted by atomic mass is 10.1. The predicted octanol–water partition coefficient (Wildman–Crippen LogP) is 5.53. The molecular formula is C24H31F3N2O. The van der Waals surface area contributed by atoms with Crippen LogP contribution in [0.15, 0.2) is 42.5 Å². The van der Waals surface area contributed by atoms with Crippen molar-refractivity contribution in [3.63, 3.8) is 0 Å². The Labute approximate surface area is 177 Å². The summed E-state index contributed by atoms with van der Waals surface area (Å²) in [5.41, 5.74) is 9.68. The Bertz CT molecular complexity index is 831. The van der Waals surface area contributed by atoms with E-state index >= 15 is 0 Å². The Hall–Kier alpha value is -2.34. The van der Waals surface area contributed by atoms with Crippen molar-refractivity contribution in [2.24, 2.45) is 11.7 Å². The fourth-order valence-corrected chi connectivity index (χ4v) is 3.46. The molecule has 1 aliphatic heterocycles. The monoisotopic (exact) mass is 420 g/mol. The average molecular weight is 421 g/mol. The van der Waals surface area contributed by atoms with Crippen molar-refractivity contribution >= 4 is 11.5 Å². The van der Waals surface area contributed by atoms with Gasteiger partial charge in [0.15, 0.2) is 0 Å². The Balaban J connectivity index is 0.000000214. The highest BCUT2D eigenvalue weighted by atomic mass is 19.4. The molecule has 1 fully saturated rings. The highest BCUT2D eigenvalue weighted by Gasteiger charge is 2.29. The molecule has 0 aromatic heterocycles. The van der Waals surface area contributed by atoms with Crippen molar-refractivity contribution < 1.29 is 18.0 Å². The second-order valence-electron chi connectivity index (χ2n) is 8.05. The summed E-state index contributed by atoms with van der Waals surface area (Å²) in [6.07, 6.45) is -2.12. The molecule has 3 rings (SSSR count). The second-order valence-corrected chi connectivity index (χ2v) is 8.05. The van der Waals surface area contributed by atoms with Crippen LogP contribution in [0.25, 0.3) is 0 Å². The van der Waals surface area contributed by atoms with Crippen LogP contribution in [0.4, 0.5) is 18.9 Å². The lowest BCUT2D eigenvalue weighted by molar-refractivity contribution is -0.137. The normalized spacial score (nSPS) is 16.2. The highest BCUT2D eigenvalue weighted by molar-refractivity contribution is 5.75. The zero-order valence-corrected chi connectivity index (χ0v) is 17.9. The largest absolute Gasteiger partial charge is 0.416 e. The molecule has 164 valence electrons. The first-order valence-electron chi connectivity index (χ1n) is 10.3. The zero-order chi connectivity index (χ0) is 22.3. The van der Waals surface area contributed by atoms with Gasteiger partial charge < -0.3 is 15.4 Å². The van der Waals surface area contributed by atoms with E-state index in [9.17, 15) is 18.0 Å². The van der Waals surface area contributed by atoms with E-state index in [0.717, 1.165) is 23.6 Å². The van der Waals surface area contributed by atoms with Gasteiger partial charge in [0.25, 0.3) is 0 Å². The number of hydrogen-bond donors (Lipinski definition) is 1. The number of carbonyl (C=O) groups excluding carboxylic acids is 1. The number of halogens is 3. The van der Waals surface area contributed by atoms with Gasteiger partial charge in [-0.25, -0.2) is 0 Å². The molecular weight excluding hydrogens is 389 g/mol. The van der Waals surface area contributed by atoms with E-state index in [1.165, 1.54) is 55.4 Å². The summed E-state index contributed by atoms with van der Waals surface area (Å²) < 4.78 is 36.5. The first-order valence-corrected chi connectivity index (χ1v) is 10.3. The quantitative estimate of drug-likeness (QED) is 0.692. The number of aryl methyl sites for hydroxylation is 2. The summed E-state index contributed by atoms with van der Waals surface area (Å²) in [5, 5.41) is 0. The third kappa shape index (κ3) is 7.17. The molecule has 2 N–H and O–H groups in total. The van der Waals surface area contributed by atoms with Gasteiger partial charge in [-0.05, 0) is 73.6 Å². The third-order valence-electron chi connectivity index (χ3n) is 5.38. The van der Waals surface area contributed by atoms with E-state index in [2.05, 4.69) is 36.9 Å². The van der Waals surface area contributed by atoms with Crippen LogP contribution >= 0.6 is 0 Å². The molecule has 0 spiro atoms. The smallest absolute Gasteiger partial charge is 0.371 e. The Morgan fingerprint density at radius 3 is 2.30 bits per heavy atom. The maximum absolute atomic E-state index is 12.2. The van der Waals surface area contributed by atoms with Gasteiger partial charge in [-0.1, -0.05) is 25.1 Å². The average Bonchev–Trinajstić information content (AvgIpc) is 3.13. The van der Waals surface area contributed by atoms with E-state index < -0.39 is 11.7 Å². The molecule has 0 amide bonds. The molecule has 1 heterocycles. The van der Waals surface area contributed by atoms with E-state index in [-0.39, 0.29) is 5.78 Å². The van der Waals surface area contributed by atoms with E-state index in [4.69, 9.17) is 5.73 Å². The van der Waals surface area contributed by atoms with E-state index in [1.807, 2.05) is 0 Å². The number of benzene rings is 2. The number of hydrogen-bond acceptors (Lipinski definition) is 3. The van der Waals surface area contributed by atoms with Gasteiger partial charge in [-0.15, -0.1) is 0 Å². The molecule has 0 radical (unpaired) electrons. The molecule has 0 aliphatic carbocycles. The molecule has 0 saturated carbocycles. The zero-order valence-electron chi connectivity index (χ0n) is 17.9. The van der Waals surface area contributed by atoms with Crippen molar-refractivity contribution in [2.75, 3.05) is 18.0 Å². The van der Waals surface area contributed by atoms with Gasteiger partial charge in [0.1, 0.15) is 5.78 Å². The molecule has 30 heavy (non-hydrogen) atoms. The van der Waals surface area contributed by atoms with Gasteiger partial charge in [0, 0.05) is 31.7 Å². The fraction of sp³-hybridized carbons (Fsp3) is 0.458. The maximum Gasteiger partial charge on any atom is 0.416 e. The predicted molar refractivity (Wildman–Crippen MR) is 116 cm³/mol. The van der Waals surface area contributed by atoms with E-state index in [0.29, 0.717) is 19.4 Å². The van der Waals surface area contributed by atoms with Gasteiger partial charge in [0.05, 0.1) is 5.56 Å². The van der Waals surface area contributed by atoms with Gasteiger partial charge in [-0.2, -0.15) is 13.2 Å². The summed E-state index contributed by atoms with van der Waals surface area (Å²) in [6, 6.07) is 11.5. The fourth-order valence-electron chi connectivity index (χ4n) is 3.46. The molecule has 2 aromatic carbocycles. The summed E-state index contributed by atoms with van der Waals surface area (Å²) in [5.74, 6) is 0.870. The van der Waals surface area contributed by atoms with Gasteiger partial charge >= 0.3 is 6.18 Å². The number of alkyl halides is 3. The Morgan fingerprint density at radius 1 is 1.17 bits per heavy atom. The number of nitrogens with two attached hydrogens (primary N) is 1. The molecule has 0 unspecified atom stereocenters. The standard InChI is InChI=1S/C13H20N2.C11H11F3O/c1-10-5-6-15(9-10)13-4-3-12(8-14)11(2)7-13;1-8(15)2-3-9-4-6-10(7-5-9)11(12,13)14/h3-4,7,10H,5-6,8-9,14H2,1-2H3;4-7H,2-3H2,1H3/t10-;/m1./s1. The maximum atomic E-state index is 12.2. The SMILES string of the molecule is CC(=O)CCc1ccc(C(F)(F)F)cc1.Cc1cc(N2CC[C@@H](C)C2)ccc1CN. The summed E-state index contributed by atoms with van der Waals surface area (Å²) in [7, 11) is 0. The van der Waals surface area contributed by atoms with Crippen molar-refractivity contribution in [2.45, 2.75) is 52.8 Å². The topological polar surface area (TPSA) is 46.3 Å². The van der Waals surface area contributed by atoms with Crippen LogP contribution in [-0.2, 0) is 23.9 Å². The molecule has 3 nitrogen and oxygen atoms in total. The number of ketones is 1. The van der Waals surface area contributed by atoms with Crippen LogP contribution in [-0.4, -0.2) is 18.9 Å². The molecule has 1 saturated heterocycles. The van der Waals surface area contributed by atoms with Gasteiger partial charge in [0.2, 0.25) is 0 Å². The highest BCUT2D eigenvalue weighted by Crippen LogP contribution is 2.29. The summed E-state index contributed by atoms with van der Waals surface area (Å²) >= 11 is 0. The van der Waals surface area contributed by atoms with Crippen LogP contribution in [0.5, 0.6) is 0 Å². The second kappa shape index (κ2) is 10.6. The van der Waals surface area contributed by atoms with Crippen LogP contribution in [0, 0.1) is 12.8 Å². The Kier molecular flexibility index (Phi) is 8.47.